The highest BCUT2D eigenvalue weighted by atomic mass is 19.4. The summed E-state index contributed by atoms with van der Waals surface area (Å²) in [5.41, 5.74) is -1.01. The topological polar surface area (TPSA) is 23.6 Å². The molecule has 0 aliphatic rings. The average molecular weight is 332 g/mol. The van der Waals surface area contributed by atoms with Crippen LogP contribution in [0.2, 0.25) is 0 Å². The van der Waals surface area contributed by atoms with Crippen LogP contribution >= 0.6 is 0 Å². The Hall–Kier alpha value is -1.89. The zero-order valence-electron chi connectivity index (χ0n) is 13.5. The smallest absolute Gasteiger partial charge is 0.335 e. The summed E-state index contributed by atoms with van der Waals surface area (Å²) in [5.74, 6) is -1.33. The number of benzene rings is 1. The minimum Gasteiger partial charge on any atom is -0.335 e. The Balaban J connectivity index is 2.90. The fourth-order valence-electron chi connectivity index (χ4n) is 1.92. The van der Waals surface area contributed by atoms with Gasteiger partial charge in [0.15, 0.2) is 0 Å². The van der Waals surface area contributed by atoms with Crippen LogP contribution in [-0.2, 0) is 11.0 Å². The molecule has 1 aromatic carbocycles. The molecule has 0 spiro atoms. The molecule has 0 radical (unpaired) electrons. The maximum Gasteiger partial charge on any atom is 0.416 e. The fourth-order valence-corrected chi connectivity index (χ4v) is 1.92. The van der Waals surface area contributed by atoms with Crippen LogP contribution in [0.3, 0.4) is 0 Å². The van der Waals surface area contributed by atoms with Crippen LogP contribution in [0.4, 0.5) is 17.6 Å². The van der Waals surface area contributed by atoms with Crippen molar-refractivity contribution in [1.82, 2.24) is 9.80 Å². The Labute approximate surface area is 133 Å². The molecule has 128 valence electrons. The van der Waals surface area contributed by atoms with E-state index >= 15 is 0 Å². The number of hydrogen-bond donors (Lipinski definition) is 0. The van der Waals surface area contributed by atoms with E-state index in [4.69, 9.17) is 0 Å². The van der Waals surface area contributed by atoms with Gasteiger partial charge in [-0.1, -0.05) is 12.1 Å². The third-order valence-corrected chi connectivity index (χ3v) is 3.44. The van der Waals surface area contributed by atoms with Gasteiger partial charge in [0.1, 0.15) is 5.82 Å². The van der Waals surface area contributed by atoms with Gasteiger partial charge in [-0.3, -0.25) is 4.79 Å². The third-order valence-electron chi connectivity index (χ3n) is 3.44. The van der Waals surface area contributed by atoms with Gasteiger partial charge in [-0.15, -0.1) is 0 Å². The number of carbonyl (C=O) groups is 1. The SMILES string of the molecule is CC(c1ccc(C(F)(F)F)cc1F)N(C)C(=O)/C=C/CN(C)C. The highest BCUT2D eigenvalue weighted by Crippen LogP contribution is 2.32. The minimum atomic E-state index is -4.60. The van der Waals surface area contributed by atoms with E-state index in [1.807, 2.05) is 19.0 Å². The largest absolute Gasteiger partial charge is 0.416 e. The maximum atomic E-state index is 13.9. The van der Waals surface area contributed by atoms with Crippen LogP contribution in [-0.4, -0.2) is 43.4 Å². The predicted molar refractivity (Wildman–Crippen MR) is 80.3 cm³/mol. The predicted octanol–water partition coefficient (Wildman–Crippen LogP) is 3.48. The lowest BCUT2D eigenvalue weighted by atomic mass is 10.0. The van der Waals surface area contributed by atoms with Crippen molar-refractivity contribution in [2.45, 2.75) is 19.1 Å². The van der Waals surface area contributed by atoms with Gasteiger partial charge in [-0.05, 0) is 33.2 Å². The van der Waals surface area contributed by atoms with Crippen LogP contribution in [0, 0.1) is 5.82 Å². The molecule has 3 nitrogen and oxygen atoms in total. The van der Waals surface area contributed by atoms with E-state index in [9.17, 15) is 22.4 Å². The average Bonchev–Trinajstić information content (AvgIpc) is 2.44. The van der Waals surface area contributed by atoms with Crippen molar-refractivity contribution in [3.8, 4) is 0 Å². The van der Waals surface area contributed by atoms with Crippen LogP contribution in [0.15, 0.2) is 30.4 Å². The van der Waals surface area contributed by atoms with Gasteiger partial charge < -0.3 is 9.80 Å². The molecule has 0 bridgehead atoms. The number of halogens is 4. The second kappa shape index (κ2) is 7.59. The lowest BCUT2D eigenvalue weighted by Crippen LogP contribution is -2.29. The fraction of sp³-hybridized carbons (Fsp3) is 0.438. The molecule has 0 saturated heterocycles. The van der Waals surface area contributed by atoms with E-state index in [-0.39, 0.29) is 11.5 Å². The highest BCUT2D eigenvalue weighted by molar-refractivity contribution is 5.87. The van der Waals surface area contributed by atoms with Crippen molar-refractivity contribution in [2.75, 3.05) is 27.7 Å². The van der Waals surface area contributed by atoms with Crippen molar-refractivity contribution in [3.05, 3.63) is 47.3 Å². The molecule has 1 rings (SSSR count). The number of nitrogens with zero attached hydrogens (tertiary/aromatic N) is 2. The number of rotatable bonds is 5. The van der Waals surface area contributed by atoms with Gasteiger partial charge >= 0.3 is 6.18 Å². The molecule has 1 aromatic rings. The Kier molecular flexibility index (Phi) is 6.32. The Morgan fingerprint density at radius 3 is 2.35 bits per heavy atom. The van der Waals surface area contributed by atoms with Gasteiger partial charge in [-0.2, -0.15) is 13.2 Å². The van der Waals surface area contributed by atoms with Gasteiger partial charge in [0.25, 0.3) is 0 Å². The second-order valence-corrected chi connectivity index (χ2v) is 5.52. The van der Waals surface area contributed by atoms with Crippen LogP contribution in [0.1, 0.15) is 24.1 Å². The van der Waals surface area contributed by atoms with Gasteiger partial charge in [0.2, 0.25) is 5.91 Å². The molecule has 0 N–H and O–H groups in total. The van der Waals surface area contributed by atoms with Gasteiger partial charge in [0.05, 0.1) is 11.6 Å². The Morgan fingerprint density at radius 2 is 1.87 bits per heavy atom. The van der Waals surface area contributed by atoms with Crippen LogP contribution in [0.5, 0.6) is 0 Å². The normalized spacial score (nSPS) is 13.6. The summed E-state index contributed by atoms with van der Waals surface area (Å²) in [5, 5.41) is 0. The van der Waals surface area contributed by atoms with Crippen LogP contribution in [0.25, 0.3) is 0 Å². The standard InChI is InChI=1S/C16H20F4N2O/c1-11(22(4)15(23)6-5-9-21(2)3)13-8-7-12(10-14(13)17)16(18,19)20/h5-8,10-11H,9H2,1-4H3/b6-5+. The first-order chi connectivity index (χ1) is 10.5. The molecule has 0 aliphatic carbocycles. The number of carbonyl (C=O) groups excluding carboxylic acids is 1. The Bertz CT molecular complexity index is 582. The van der Waals surface area contributed by atoms with Crippen molar-refractivity contribution < 1.29 is 22.4 Å². The Morgan fingerprint density at radius 1 is 1.26 bits per heavy atom. The highest BCUT2D eigenvalue weighted by Gasteiger charge is 2.32. The zero-order valence-corrected chi connectivity index (χ0v) is 13.5. The molecule has 0 aromatic heterocycles. The second-order valence-electron chi connectivity index (χ2n) is 5.52. The number of likely N-dealkylation sites (N-methyl/N-ethyl adjacent to an activating group) is 2. The molecule has 1 atom stereocenters. The molecule has 1 unspecified atom stereocenters. The summed E-state index contributed by atoms with van der Waals surface area (Å²) in [6.07, 6.45) is -1.58. The monoisotopic (exact) mass is 332 g/mol. The first kappa shape index (κ1) is 19.2. The molecule has 7 heteroatoms. The first-order valence-corrected chi connectivity index (χ1v) is 6.98. The first-order valence-electron chi connectivity index (χ1n) is 6.98. The zero-order chi connectivity index (χ0) is 17.8. The van der Waals surface area contributed by atoms with Crippen molar-refractivity contribution in [3.63, 3.8) is 0 Å². The lowest BCUT2D eigenvalue weighted by Gasteiger charge is -2.25. The van der Waals surface area contributed by atoms with Crippen LogP contribution < -0.4 is 0 Å². The quantitative estimate of drug-likeness (QED) is 0.609. The maximum absolute atomic E-state index is 13.9. The van der Waals surface area contributed by atoms with Gasteiger partial charge in [0, 0.05) is 25.2 Å². The van der Waals surface area contributed by atoms with Gasteiger partial charge in [-0.25, -0.2) is 4.39 Å². The third kappa shape index (κ3) is 5.35. The van der Waals surface area contributed by atoms with E-state index in [0.717, 1.165) is 12.1 Å². The minimum absolute atomic E-state index is 0.0369. The number of amides is 1. The molecule has 0 heterocycles. The lowest BCUT2D eigenvalue weighted by molar-refractivity contribution is -0.137. The van der Waals surface area contributed by atoms with E-state index in [1.165, 1.54) is 18.0 Å². The number of hydrogen-bond acceptors (Lipinski definition) is 2. The number of alkyl halides is 3. The van der Waals surface area contributed by atoms with E-state index < -0.39 is 23.6 Å². The summed E-state index contributed by atoms with van der Waals surface area (Å²) in [6.45, 7) is 2.13. The summed E-state index contributed by atoms with van der Waals surface area (Å²) in [7, 11) is 5.17. The molecule has 1 amide bonds. The van der Waals surface area contributed by atoms with Crippen molar-refractivity contribution >= 4 is 5.91 Å². The molecule has 23 heavy (non-hydrogen) atoms. The molecule has 0 fully saturated rings. The van der Waals surface area contributed by atoms with Crippen molar-refractivity contribution in [2.24, 2.45) is 0 Å². The molecular formula is C16H20F4N2O. The summed E-state index contributed by atoms with van der Waals surface area (Å²) >= 11 is 0. The summed E-state index contributed by atoms with van der Waals surface area (Å²) in [6, 6.07) is 1.64. The molecule has 0 saturated carbocycles. The van der Waals surface area contributed by atoms with Crippen molar-refractivity contribution in [1.29, 1.82) is 0 Å². The summed E-state index contributed by atoms with van der Waals surface area (Å²) < 4.78 is 51.6. The summed E-state index contributed by atoms with van der Waals surface area (Å²) in [4.78, 5) is 15.1. The molecular weight excluding hydrogens is 312 g/mol. The van der Waals surface area contributed by atoms with E-state index in [0.29, 0.717) is 12.6 Å². The van der Waals surface area contributed by atoms with E-state index in [1.54, 1.807) is 13.0 Å². The van der Waals surface area contributed by atoms with E-state index in [2.05, 4.69) is 0 Å². The molecule has 0 aliphatic heterocycles.